The Balaban J connectivity index is 1.85. The summed E-state index contributed by atoms with van der Waals surface area (Å²) in [6.45, 7) is 4.04. The van der Waals surface area contributed by atoms with Crippen LogP contribution in [-0.2, 0) is 20.9 Å². The van der Waals surface area contributed by atoms with Gasteiger partial charge in [0.1, 0.15) is 6.10 Å². The lowest BCUT2D eigenvalue weighted by Gasteiger charge is -2.21. The van der Waals surface area contributed by atoms with Crippen molar-refractivity contribution in [3.63, 3.8) is 0 Å². The maximum Gasteiger partial charge on any atom is 0.303 e. The number of ether oxygens (including phenoxy) is 2. The average Bonchev–Trinajstić information content (AvgIpc) is 2.69. The molecule has 3 atom stereocenters. The van der Waals surface area contributed by atoms with Crippen molar-refractivity contribution in [2.24, 2.45) is 5.92 Å². The van der Waals surface area contributed by atoms with Crippen molar-refractivity contribution in [2.75, 3.05) is 0 Å². The minimum Gasteiger partial charge on any atom is -0.458 e. The molecular weight excluding hydrogens is 228 g/mol. The number of esters is 1. The summed E-state index contributed by atoms with van der Waals surface area (Å²) < 4.78 is 11.0. The molecule has 0 aromatic heterocycles. The van der Waals surface area contributed by atoms with Crippen LogP contribution < -0.4 is 0 Å². The molecular formula is C15H18O3. The Morgan fingerprint density at radius 1 is 1.17 bits per heavy atom. The zero-order chi connectivity index (χ0) is 13.0. The van der Waals surface area contributed by atoms with Gasteiger partial charge in [0, 0.05) is 12.8 Å². The topological polar surface area (TPSA) is 35.5 Å². The van der Waals surface area contributed by atoms with Gasteiger partial charge >= 0.3 is 5.97 Å². The first kappa shape index (κ1) is 12.8. The van der Waals surface area contributed by atoms with Crippen molar-refractivity contribution in [1.29, 1.82) is 0 Å². The fraction of sp³-hybridized carbons (Fsp3) is 0.400. The van der Waals surface area contributed by atoms with E-state index in [4.69, 9.17) is 9.47 Å². The molecule has 96 valence electrons. The fourth-order valence-electron chi connectivity index (χ4n) is 2.07. The number of benzene rings is 1. The van der Waals surface area contributed by atoms with E-state index in [1.807, 2.05) is 49.4 Å². The van der Waals surface area contributed by atoms with E-state index in [1.165, 1.54) is 6.92 Å². The van der Waals surface area contributed by atoms with E-state index < -0.39 is 0 Å². The van der Waals surface area contributed by atoms with Gasteiger partial charge in [0.25, 0.3) is 0 Å². The largest absolute Gasteiger partial charge is 0.458 e. The smallest absolute Gasteiger partial charge is 0.303 e. The third kappa shape index (κ3) is 3.20. The van der Waals surface area contributed by atoms with Crippen molar-refractivity contribution >= 4 is 5.97 Å². The Morgan fingerprint density at radius 2 is 1.83 bits per heavy atom. The monoisotopic (exact) mass is 246 g/mol. The summed E-state index contributed by atoms with van der Waals surface area (Å²) in [5.74, 6) is -0.0854. The van der Waals surface area contributed by atoms with Crippen molar-refractivity contribution in [3.8, 4) is 0 Å². The Hall–Kier alpha value is -1.61. The number of carbonyl (C=O) groups excluding carboxylic acids is 1. The molecule has 0 radical (unpaired) electrons. The lowest BCUT2D eigenvalue weighted by Crippen LogP contribution is -2.26. The summed E-state index contributed by atoms with van der Waals surface area (Å²) >= 11 is 0. The highest BCUT2D eigenvalue weighted by Crippen LogP contribution is 2.25. The number of hydrogen-bond donors (Lipinski definition) is 0. The van der Waals surface area contributed by atoms with Crippen LogP contribution in [0.1, 0.15) is 19.4 Å². The summed E-state index contributed by atoms with van der Waals surface area (Å²) in [5, 5.41) is 0. The SMILES string of the molecule is CC(=O)O[C@@H]1C=C[C@H](OCc2ccccc2)[C@H]1C. The van der Waals surface area contributed by atoms with Gasteiger partial charge in [-0.2, -0.15) is 0 Å². The first-order valence-electron chi connectivity index (χ1n) is 6.18. The number of rotatable bonds is 4. The van der Waals surface area contributed by atoms with Crippen LogP contribution in [0.5, 0.6) is 0 Å². The lowest BCUT2D eigenvalue weighted by atomic mass is 10.1. The maximum absolute atomic E-state index is 10.9. The summed E-state index contributed by atoms with van der Waals surface area (Å²) in [7, 11) is 0. The van der Waals surface area contributed by atoms with Crippen LogP contribution in [-0.4, -0.2) is 18.2 Å². The fourth-order valence-corrected chi connectivity index (χ4v) is 2.07. The summed E-state index contributed by atoms with van der Waals surface area (Å²) in [4.78, 5) is 10.9. The molecule has 3 heteroatoms. The third-order valence-electron chi connectivity index (χ3n) is 3.11. The van der Waals surface area contributed by atoms with Gasteiger partial charge in [0.15, 0.2) is 0 Å². The van der Waals surface area contributed by atoms with Crippen LogP contribution in [0.3, 0.4) is 0 Å². The highest BCUT2D eigenvalue weighted by Gasteiger charge is 2.30. The predicted octanol–water partition coefficient (Wildman–Crippen LogP) is 2.71. The molecule has 18 heavy (non-hydrogen) atoms. The Morgan fingerprint density at radius 3 is 2.50 bits per heavy atom. The Bertz CT molecular complexity index is 425. The van der Waals surface area contributed by atoms with Crippen LogP contribution in [0, 0.1) is 5.92 Å². The van der Waals surface area contributed by atoms with Crippen LogP contribution in [0.15, 0.2) is 42.5 Å². The Labute approximate surface area is 107 Å². The molecule has 1 aromatic carbocycles. The molecule has 0 aliphatic heterocycles. The molecule has 0 N–H and O–H groups in total. The maximum atomic E-state index is 10.9. The van der Waals surface area contributed by atoms with Crippen LogP contribution >= 0.6 is 0 Å². The standard InChI is InChI=1S/C15H18O3/c1-11-14(8-9-15(11)18-12(2)16)17-10-13-6-4-3-5-7-13/h3-9,11,14-15H,10H2,1-2H3/t11-,14+,15-/m1/s1. The Kier molecular flexibility index (Phi) is 4.15. The van der Waals surface area contributed by atoms with Crippen molar-refractivity contribution in [1.82, 2.24) is 0 Å². The minimum atomic E-state index is -0.250. The van der Waals surface area contributed by atoms with Crippen LogP contribution in [0.2, 0.25) is 0 Å². The summed E-state index contributed by atoms with van der Waals surface area (Å²) in [5.41, 5.74) is 1.15. The lowest BCUT2D eigenvalue weighted by molar-refractivity contribution is -0.147. The minimum absolute atomic E-state index is 0.00885. The second kappa shape index (κ2) is 5.83. The molecule has 1 aliphatic carbocycles. The number of hydrogen-bond acceptors (Lipinski definition) is 3. The van der Waals surface area contributed by atoms with Crippen molar-refractivity contribution < 1.29 is 14.3 Å². The van der Waals surface area contributed by atoms with Crippen LogP contribution in [0.25, 0.3) is 0 Å². The highest BCUT2D eigenvalue weighted by molar-refractivity contribution is 5.66. The van der Waals surface area contributed by atoms with Gasteiger partial charge in [-0.1, -0.05) is 43.3 Å². The normalized spacial score (nSPS) is 26.2. The highest BCUT2D eigenvalue weighted by atomic mass is 16.5. The molecule has 0 heterocycles. The second-order valence-electron chi connectivity index (χ2n) is 4.58. The van der Waals surface area contributed by atoms with Crippen molar-refractivity contribution in [2.45, 2.75) is 32.7 Å². The zero-order valence-corrected chi connectivity index (χ0v) is 10.7. The van der Waals surface area contributed by atoms with Gasteiger partial charge in [-0.05, 0) is 11.6 Å². The van der Waals surface area contributed by atoms with Crippen LogP contribution in [0.4, 0.5) is 0 Å². The molecule has 0 bridgehead atoms. The summed E-state index contributed by atoms with van der Waals surface area (Å²) in [6, 6.07) is 10.0. The molecule has 0 fully saturated rings. The van der Waals surface area contributed by atoms with E-state index in [1.54, 1.807) is 0 Å². The van der Waals surface area contributed by atoms with Gasteiger partial charge in [-0.3, -0.25) is 4.79 Å². The molecule has 0 saturated heterocycles. The van der Waals surface area contributed by atoms with E-state index in [0.717, 1.165) is 5.56 Å². The first-order chi connectivity index (χ1) is 8.66. The van der Waals surface area contributed by atoms with E-state index >= 15 is 0 Å². The molecule has 0 amide bonds. The molecule has 0 unspecified atom stereocenters. The third-order valence-corrected chi connectivity index (χ3v) is 3.11. The molecule has 0 saturated carbocycles. The molecule has 0 spiro atoms. The van der Waals surface area contributed by atoms with Gasteiger partial charge in [-0.25, -0.2) is 0 Å². The van der Waals surface area contributed by atoms with Gasteiger partial charge < -0.3 is 9.47 Å². The predicted molar refractivity (Wildman–Crippen MR) is 68.9 cm³/mol. The van der Waals surface area contributed by atoms with Gasteiger partial charge in [0.2, 0.25) is 0 Å². The molecule has 1 aliphatic rings. The molecule has 2 rings (SSSR count). The second-order valence-corrected chi connectivity index (χ2v) is 4.58. The average molecular weight is 246 g/mol. The van der Waals surface area contributed by atoms with E-state index in [0.29, 0.717) is 6.61 Å². The van der Waals surface area contributed by atoms with E-state index in [2.05, 4.69) is 0 Å². The quantitative estimate of drug-likeness (QED) is 0.605. The first-order valence-corrected chi connectivity index (χ1v) is 6.18. The van der Waals surface area contributed by atoms with Crippen molar-refractivity contribution in [3.05, 3.63) is 48.0 Å². The summed E-state index contributed by atoms with van der Waals surface area (Å²) in [6.07, 6.45) is 3.72. The van der Waals surface area contributed by atoms with Gasteiger partial charge in [-0.15, -0.1) is 0 Å². The molecule has 1 aromatic rings. The number of carbonyl (C=O) groups is 1. The van der Waals surface area contributed by atoms with E-state index in [-0.39, 0.29) is 24.1 Å². The molecule has 3 nitrogen and oxygen atoms in total. The zero-order valence-electron chi connectivity index (χ0n) is 10.7. The van der Waals surface area contributed by atoms with Gasteiger partial charge in [0.05, 0.1) is 12.7 Å². The van der Waals surface area contributed by atoms with E-state index in [9.17, 15) is 4.79 Å².